The van der Waals surface area contributed by atoms with Crippen LogP contribution in [0.2, 0.25) is 0 Å². The molecular formula is C22H27N3O3S. The van der Waals surface area contributed by atoms with Gasteiger partial charge >= 0.3 is 0 Å². The Morgan fingerprint density at radius 3 is 2.79 bits per heavy atom. The van der Waals surface area contributed by atoms with Crippen molar-refractivity contribution in [2.45, 2.75) is 25.8 Å². The van der Waals surface area contributed by atoms with Crippen molar-refractivity contribution in [1.82, 2.24) is 10.2 Å². The number of hydrogen-bond donors (Lipinski definition) is 1. The molecule has 2 aliphatic rings. The summed E-state index contributed by atoms with van der Waals surface area (Å²) >= 11 is 1.81. The molecule has 3 heterocycles. The molecule has 2 aromatic rings. The summed E-state index contributed by atoms with van der Waals surface area (Å²) in [6, 6.07) is 11.7. The van der Waals surface area contributed by atoms with Crippen molar-refractivity contribution >= 4 is 28.8 Å². The lowest BCUT2D eigenvalue weighted by Crippen LogP contribution is -2.42. The molecule has 1 N–H and O–H groups in total. The molecule has 7 heteroatoms. The van der Waals surface area contributed by atoms with Crippen LogP contribution in [0.1, 0.15) is 24.1 Å². The molecule has 0 unspecified atom stereocenters. The van der Waals surface area contributed by atoms with Gasteiger partial charge in [-0.3, -0.25) is 14.5 Å². The van der Waals surface area contributed by atoms with Gasteiger partial charge in [-0.2, -0.15) is 0 Å². The van der Waals surface area contributed by atoms with Crippen molar-refractivity contribution in [3.05, 3.63) is 46.7 Å². The Balaban J connectivity index is 1.18. The van der Waals surface area contributed by atoms with Crippen LogP contribution in [0.15, 0.2) is 41.8 Å². The molecule has 6 nitrogen and oxygen atoms in total. The molecule has 0 aliphatic carbocycles. The zero-order valence-electron chi connectivity index (χ0n) is 16.5. The van der Waals surface area contributed by atoms with Gasteiger partial charge in [0.05, 0.1) is 5.69 Å². The zero-order chi connectivity index (χ0) is 20.1. The van der Waals surface area contributed by atoms with Crippen LogP contribution in [0, 0.1) is 5.92 Å². The summed E-state index contributed by atoms with van der Waals surface area (Å²) in [7, 11) is 0. The molecule has 4 rings (SSSR count). The number of nitrogens with one attached hydrogen (secondary N) is 1. The molecule has 2 aliphatic heterocycles. The van der Waals surface area contributed by atoms with Crippen molar-refractivity contribution in [3.63, 3.8) is 0 Å². The standard InChI is InChI=1S/C22H27N3O3S/c26-21(9-12-25-19-5-1-2-6-20(19)28-16-22(25)27)23-14-17-7-10-24(11-8-17)15-18-4-3-13-29-18/h1-6,13,17H,7-12,14-16H2,(H,23,26). The van der Waals surface area contributed by atoms with Crippen LogP contribution < -0.4 is 15.0 Å². The molecule has 1 aromatic carbocycles. The summed E-state index contributed by atoms with van der Waals surface area (Å²) in [6.07, 6.45) is 2.53. The fourth-order valence-electron chi connectivity index (χ4n) is 3.93. The number of anilines is 1. The second kappa shape index (κ2) is 9.41. The van der Waals surface area contributed by atoms with E-state index in [1.54, 1.807) is 4.90 Å². The molecule has 1 aromatic heterocycles. The second-order valence-electron chi connectivity index (χ2n) is 7.65. The van der Waals surface area contributed by atoms with Gasteiger partial charge in [-0.1, -0.05) is 18.2 Å². The molecule has 154 valence electrons. The number of carbonyl (C=O) groups excluding carboxylic acids is 2. The minimum atomic E-state index is -0.102. The van der Waals surface area contributed by atoms with E-state index in [0.717, 1.165) is 44.7 Å². The van der Waals surface area contributed by atoms with Crippen LogP contribution >= 0.6 is 11.3 Å². The topological polar surface area (TPSA) is 61.9 Å². The third kappa shape index (κ3) is 5.16. The highest BCUT2D eigenvalue weighted by Crippen LogP contribution is 2.31. The minimum absolute atomic E-state index is 0.00258. The van der Waals surface area contributed by atoms with Crippen molar-refractivity contribution < 1.29 is 14.3 Å². The summed E-state index contributed by atoms with van der Waals surface area (Å²) in [4.78, 5) is 30.1. The number of nitrogens with zero attached hydrogens (tertiary/aromatic N) is 2. The van der Waals surface area contributed by atoms with E-state index in [1.165, 1.54) is 4.88 Å². The maximum Gasteiger partial charge on any atom is 0.265 e. The van der Waals surface area contributed by atoms with Gasteiger partial charge in [0.1, 0.15) is 5.75 Å². The van der Waals surface area contributed by atoms with Crippen molar-refractivity contribution in [2.24, 2.45) is 5.92 Å². The summed E-state index contributed by atoms with van der Waals surface area (Å²) in [5.41, 5.74) is 0.745. The molecule has 1 saturated heterocycles. The number of ether oxygens (including phenoxy) is 1. The van der Waals surface area contributed by atoms with Gasteiger partial charge in [0, 0.05) is 30.9 Å². The number of para-hydroxylation sites is 2. The first-order chi connectivity index (χ1) is 14.2. The van der Waals surface area contributed by atoms with E-state index in [2.05, 4.69) is 27.7 Å². The highest BCUT2D eigenvalue weighted by atomic mass is 32.1. The summed E-state index contributed by atoms with van der Waals surface area (Å²) in [6.45, 7) is 4.33. The lowest BCUT2D eigenvalue weighted by Gasteiger charge is -2.32. The fourth-order valence-corrected chi connectivity index (χ4v) is 4.68. The highest BCUT2D eigenvalue weighted by molar-refractivity contribution is 7.09. The van der Waals surface area contributed by atoms with Gasteiger partial charge in [0.25, 0.3) is 5.91 Å². The number of piperidine rings is 1. The van der Waals surface area contributed by atoms with Gasteiger partial charge < -0.3 is 15.0 Å². The number of hydrogen-bond acceptors (Lipinski definition) is 5. The summed E-state index contributed by atoms with van der Waals surface area (Å²) < 4.78 is 5.45. The van der Waals surface area contributed by atoms with Crippen LogP contribution in [-0.2, 0) is 16.1 Å². The van der Waals surface area contributed by atoms with Gasteiger partial charge in [0.15, 0.2) is 6.61 Å². The molecule has 0 atom stereocenters. The Hall–Kier alpha value is -2.38. The number of carbonyl (C=O) groups is 2. The van der Waals surface area contributed by atoms with Gasteiger partial charge in [0.2, 0.25) is 5.91 Å². The molecule has 1 fully saturated rings. The third-order valence-corrected chi connectivity index (χ3v) is 6.49. The quantitative estimate of drug-likeness (QED) is 0.758. The third-order valence-electron chi connectivity index (χ3n) is 5.63. The van der Waals surface area contributed by atoms with Crippen LogP contribution in [-0.4, -0.2) is 49.5 Å². The van der Waals surface area contributed by atoms with E-state index in [0.29, 0.717) is 24.6 Å². The lowest BCUT2D eigenvalue weighted by molar-refractivity contribution is -0.122. The zero-order valence-corrected chi connectivity index (χ0v) is 17.3. The number of amides is 2. The van der Waals surface area contributed by atoms with E-state index < -0.39 is 0 Å². The smallest absolute Gasteiger partial charge is 0.265 e. The predicted octanol–water partition coefficient (Wildman–Crippen LogP) is 2.89. The summed E-state index contributed by atoms with van der Waals surface area (Å²) in [5.74, 6) is 1.13. The minimum Gasteiger partial charge on any atom is -0.482 e. The Morgan fingerprint density at radius 1 is 1.17 bits per heavy atom. The van der Waals surface area contributed by atoms with Crippen molar-refractivity contribution in [2.75, 3.05) is 37.7 Å². The first kappa shape index (κ1) is 19.9. The Labute approximate surface area is 175 Å². The summed E-state index contributed by atoms with van der Waals surface area (Å²) in [5, 5.41) is 5.19. The molecule has 0 saturated carbocycles. The van der Waals surface area contributed by atoms with E-state index >= 15 is 0 Å². The van der Waals surface area contributed by atoms with E-state index in [9.17, 15) is 9.59 Å². The van der Waals surface area contributed by atoms with Crippen LogP contribution in [0.3, 0.4) is 0 Å². The number of benzene rings is 1. The molecular weight excluding hydrogens is 386 g/mol. The molecule has 0 radical (unpaired) electrons. The first-order valence-corrected chi connectivity index (χ1v) is 11.1. The largest absolute Gasteiger partial charge is 0.482 e. The Kier molecular flexibility index (Phi) is 6.46. The van der Waals surface area contributed by atoms with Crippen LogP contribution in [0.4, 0.5) is 5.69 Å². The van der Waals surface area contributed by atoms with E-state index in [-0.39, 0.29) is 18.4 Å². The lowest BCUT2D eigenvalue weighted by atomic mass is 9.96. The van der Waals surface area contributed by atoms with Gasteiger partial charge in [-0.25, -0.2) is 0 Å². The Bertz CT molecular complexity index is 832. The predicted molar refractivity (Wildman–Crippen MR) is 114 cm³/mol. The number of thiophene rings is 1. The molecule has 2 amide bonds. The number of fused-ring (bicyclic) bond motifs is 1. The normalized spacial score (nSPS) is 17.7. The van der Waals surface area contributed by atoms with Gasteiger partial charge in [-0.15, -0.1) is 11.3 Å². The molecule has 0 bridgehead atoms. The number of rotatable bonds is 7. The maximum atomic E-state index is 12.3. The van der Waals surface area contributed by atoms with E-state index in [1.807, 2.05) is 35.6 Å². The van der Waals surface area contributed by atoms with Crippen molar-refractivity contribution in [3.8, 4) is 5.75 Å². The second-order valence-corrected chi connectivity index (χ2v) is 8.69. The average molecular weight is 414 g/mol. The number of likely N-dealkylation sites (tertiary alicyclic amines) is 1. The van der Waals surface area contributed by atoms with Crippen molar-refractivity contribution in [1.29, 1.82) is 0 Å². The molecule has 29 heavy (non-hydrogen) atoms. The average Bonchev–Trinajstić information content (AvgIpc) is 3.25. The monoisotopic (exact) mass is 413 g/mol. The van der Waals surface area contributed by atoms with Crippen LogP contribution in [0.25, 0.3) is 0 Å². The van der Waals surface area contributed by atoms with Crippen LogP contribution in [0.5, 0.6) is 5.75 Å². The fraction of sp³-hybridized carbons (Fsp3) is 0.455. The van der Waals surface area contributed by atoms with Gasteiger partial charge in [-0.05, 0) is 55.4 Å². The first-order valence-electron chi connectivity index (χ1n) is 10.2. The molecule has 0 spiro atoms. The SMILES string of the molecule is O=C(CCN1C(=O)COc2ccccc21)NCC1CCN(Cc2cccs2)CC1. The highest BCUT2D eigenvalue weighted by Gasteiger charge is 2.25. The van der Waals surface area contributed by atoms with E-state index in [4.69, 9.17) is 4.74 Å². The Morgan fingerprint density at radius 2 is 2.00 bits per heavy atom. The maximum absolute atomic E-state index is 12.3.